The van der Waals surface area contributed by atoms with Gasteiger partial charge in [-0.2, -0.15) is 0 Å². The SMILES string of the molecule is Cc1c(-c2ccccc2)sc(NC(=O)CN(CC2CC2)C2CC2)c1C(=O)N1CCOCC1. The number of carbonyl (C=O) groups excluding carboxylic acids is 2. The number of nitrogens with one attached hydrogen (secondary N) is 1. The molecule has 1 aromatic heterocycles. The lowest BCUT2D eigenvalue weighted by Gasteiger charge is -2.27. The van der Waals surface area contributed by atoms with E-state index < -0.39 is 0 Å². The highest BCUT2D eigenvalue weighted by atomic mass is 32.1. The second kappa shape index (κ2) is 9.33. The van der Waals surface area contributed by atoms with Gasteiger partial charge < -0.3 is 15.0 Å². The van der Waals surface area contributed by atoms with Gasteiger partial charge in [0.05, 0.1) is 25.3 Å². The second-order valence-corrected chi connectivity index (χ2v) is 10.2. The van der Waals surface area contributed by atoms with Gasteiger partial charge in [-0.1, -0.05) is 30.3 Å². The summed E-state index contributed by atoms with van der Waals surface area (Å²) in [7, 11) is 0. The fraction of sp³-hybridized carbons (Fsp3) is 0.520. The molecule has 3 fully saturated rings. The van der Waals surface area contributed by atoms with Crippen molar-refractivity contribution in [3.63, 3.8) is 0 Å². The normalized spacial score (nSPS) is 18.8. The number of anilines is 1. The molecule has 1 aromatic carbocycles. The molecule has 0 bridgehead atoms. The summed E-state index contributed by atoms with van der Waals surface area (Å²) >= 11 is 1.51. The van der Waals surface area contributed by atoms with E-state index in [0.29, 0.717) is 49.5 Å². The Morgan fingerprint density at radius 2 is 1.84 bits per heavy atom. The molecule has 7 heteroatoms. The maximum absolute atomic E-state index is 13.5. The number of benzene rings is 1. The van der Waals surface area contributed by atoms with E-state index in [4.69, 9.17) is 4.74 Å². The molecule has 0 atom stereocenters. The predicted octanol–water partition coefficient (Wildman–Crippen LogP) is 4.01. The van der Waals surface area contributed by atoms with Gasteiger partial charge in [-0.05, 0) is 49.7 Å². The molecular weight excluding hydrogens is 422 g/mol. The fourth-order valence-electron chi connectivity index (χ4n) is 4.41. The van der Waals surface area contributed by atoms with Crippen molar-refractivity contribution in [3.8, 4) is 10.4 Å². The van der Waals surface area contributed by atoms with Crippen LogP contribution >= 0.6 is 11.3 Å². The summed E-state index contributed by atoms with van der Waals surface area (Å²) in [6.45, 7) is 5.70. The molecule has 0 unspecified atom stereocenters. The van der Waals surface area contributed by atoms with Crippen LogP contribution in [0.1, 0.15) is 41.6 Å². The van der Waals surface area contributed by atoms with Crippen LogP contribution in [0.4, 0.5) is 5.00 Å². The Morgan fingerprint density at radius 1 is 1.12 bits per heavy atom. The Balaban J connectivity index is 1.40. The molecule has 170 valence electrons. The summed E-state index contributed by atoms with van der Waals surface area (Å²) in [5, 5.41) is 3.80. The standard InChI is InChI=1S/C25H31N3O3S/c1-17-22(25(30)27-11-13-31-14-12-27)24(32-23(17)19-5-3-2-4-6-19)26-21(29)16-28(20-9-10-20)15-18-7-8-18/h2-6,18,20H,7-16H2,1H3,(H,26,29). The van der Waals surface area contributed by atoms with Crippen LogP contribution in [0, 0.1) is 12.8 Å². The van der Waals surface area contributed by atoms with E-state index in [-0.39, 0.29) is 11.8 Å². The topological polar surface area (TPSA) is 61.9 Å². The average molecular weight is 454 g/mol. The Kier molecular flexibility index (Phi) is 6.31. The summed E-state index contributed by atoms with van der Waals surface area (Å²) < 4.78 is 5.43. The molecule has 2 aliphatic carbocycles. The van der Waals surface area contributed by atoms with E-state index in [1.165, 1.54) is 37.0 Å². The van der Waals surface area contributed by atoms with Gasteiger partial charge in [-0.3, -0.25) is 14.5 Å². The second-order valence-electron chi connectivity index (χ2n) is 9.18. The van der Waals surface area contributed by atoms with E-state index in [1.807, 2.05) is 30.0 Å². The summed E-state index contributed by atoms with van der Waals surface area (Å²) in [4.78, 5) is 31.8. The molecule has 5 rings (SSSR count). The Bertz CT molecular complexity index is 976. The number of thiophene rings is 1. The zero-order valence-electron chi connectivity index (χ0n) is 18.6. The van der Waals surface area contributed by atoms with Crippen LogP contribution in [0.15, 0.2) is 30.3 Å². The van der Waals surface area contributed by atoms with Gasteiger partial charge in [0, 0.05) is 30.6 Å². The lowest BCUT2D eigenvalue weighted by atomic mass is 10.1. The van der Waals surface area contributed by atoms with Gasteiger partial charge in [-0.25, -0.2) is 0 Å². The van der Waals surface area contributed by atoms with Crippen molar-refractivity contribution in [2.75, 3.05) is 44.7 Å². The van der Waals surface area contributed by atoms with Crippen LogP contribution in [-0.2, 0) is 9.53 Å². The van der Waals surface area contributed by atoms with Gasteiger partial charge >= 0.3 is 0 Å². The van der Waals surface area contributed by atoms with Crippen molar-refractivity contribution < 1.29 is 14.3 Å². The van der Waals surface area contributed by atoms with Crippen LogP contribution in [0.5, 0.6) is 0 Å². The van der Waals surface area contributed by atoms with E-state index in [2.05, 4.69) is 22.3 Å². The lowest BCUT2D eigenvalue weighted by Crippen LogP contribution is -2.41. The summed E-state index contributed by atoms with van der Waals surface area (Å²) in [5.41, 5.74) is 2.63. The summed E-state index contributed by atoms with van der Waals surface area (Å²) in [5.74, 6) is 0.724. The van der Waals surface area contributed by atoms with Crippen LogP contribution < -0.4 is 5.32 Å². The van der Waals surface area contributed by atoms with E-state index in [9.17, 15) is 9.59 Å². The molecule has 3 aliphatic rings. The zero-order chi connectivity index (χ0) is 22.1. The van der Waals surface area contributed by atoms with Gasteiger partial charge in [-0.15, -0.1) is 11.3 Å². The summed E-state index contributed by atoms with van der Waals surface area (Å²) in [6.07, 6.45) is 4.95. The van der Waals surface area contributed by atoms with Gasteiger partial charge in [0.1, 0.15) is 5.00 Å². The van der Waals surface area contributed by atoms with Crippen molar-refractivity contribution in [2.45, 2.75) is 38.6 Å². The van der Waals surface area contributed by atoms with Gasteiger partial charge in [0.15, 0.2) is 0 Å². The fourth-order valence-corrected chi connectivity index (χ4v) is 5.63. The van der Waals surface area contributed by atoms with Crippen molar-refractivity contribution >= 4 is 28.2 Å². The van der Waals surface area contributed by atoms with E-state index >= 15 is 0 Å². The first-order chi connectivity index (χ1) is 15.6. The van der Waals surface area contributed by atoms with E-state index in [1.54, 1.807) is 0 Å². The Hall–Kier alpha value is -2.22. The molecule has 2 aromatic rings. The number of hydrogen-bond donors (Lipinski definition) is 1. The smallest absolute Gasteiger partial charge is 0.257 e. The predicted molar refractivity (Wildman–Crippen MR) is 127 cm³/mol. The Labute approximate surface area is 193 Å². The molecule has 1 N–H and O–H groups in total. The zero-order valence-corrected chi connectivity index (χ0v) is 19.5. The minimum Gasteiger partial charge on any atom is -0.378 e. The van der Waals surface area contributed by atoms with Crippen LogP contribution in [0.25, 0.3) is 10.4 Å². The van der Waals surface area contributed by atoms with Gasteiger partial charge in [0.2, 0.25) is 5.91 Å². The molecule has 1 saturated heterocycles. The van der Waals surface area contributed by atoms with Crippen LogP contribution in [0.2, 0.25) is 0 Å². The highest BCUT2D eigenvalue weighted by Gasteiger charge is 2.35. The maximum Gasteiger partial charge on any atom is 0.257 e. The molecule has 2 saturated carbocycles. The quantitative estimate of drug-likeness (QED) is 0.656. The minimum atomic E-state index is -0.0190. The summed E-state index contributed by atoms with van der Waals surface area (Å²) in [6, 6.07) is 10.7. The molecule has 6 nitrogen and oxygen atoms in total. The third-order valence-corrected chi connectivity index (χ3v) is 7.80. The number of carbonyl (C=O) groups is 2. The average Bonchev–Trinajstić information content (AvgIpc) is 3.73. The largest absolute Gasteiger partial charge is 0.378 e. The molecule has 1 aliphatic heterocycles. The first-order valence-electron chi connectivity index (χ1n) is 11.7. The van der Waals surface area contributed by atoms with Crippen molar-refractivity contribution in [3.05, 3.63) is 41.5 Å². The Morgan fingerprint density at radius 3 is 2.50 bits per heavy atom. The van der Waals surface area contributed by atoms with Crippen LogP contribution in [0.3, 0.4) is 0 Å². The molecule has 32 heavy (non-hydrogen) atoms. The van der Waals surface area contributed by atoms with Crippen molar-refractivity contribution in [1.29, 1.82) is 0 Å². The number of hydrogen-bond acceptors (Lipinski definition) is 5. The molecule has 2 amide bonds. The number of ether oxygens (including phenoxy) is 1. The lowest BCUT2D eigenvalue weighted by molar-refractivity contribution is -0.117. The molecule has 2 heterocycles. The minimum absolute atomic E-state index is 0.0171. The first-order valence-corrected chi connectivity index (χ1v) is 12.5. The highest BCUT2D eigenvalue weighted by molar-refractivity contribution is 7.20. The first kappa shape index (κ1) is 21.6. The van der Waals surface area contributed by atoms with E-state index in [0.717, 1.165) is 28.5 Å². The number of amides is 2. The van der Waals surface area contributed by atoms with Crippen molar-refractivity contribution in [1.82, 2.24) is 9.80 Å². The monoisotopic (exact) mass is 453 g/mol. The molecular formula is C25H31N3O3S. The third kappa shape index (κ3) is 4.90. The highest BCUT2D eigenvalue weighted by Crippen LogP contribution is 2.41. The molecule has 0 radical (unpaired) electrons. The third-order valence-electron chi connectivity index (χ3n) is 6.55. The van der Waals surface area contributed by atoms with Crippen molar-refractivity contribution in [2.24, 2.45) is 5.92 Å². The maximum atomic E-state index is 13.5. The number of nitrogens with zero attached hydrogens (tertiary/aromatic N) is 2. The van der Waals surface area contributed by atoms with Gasteiger partial charge in [0.25, 0.3) is 5.91 Å². The number of rotatable bonds is 8. The number of morpholine rings is 1. The van der Waals surface area contributed by atoms with Crippen LogP contribution in [-0.4, -0.2) is 67.0 Å². The molecule has 0 spiro atoms.